The van der Waals surface area contributed by atoms with Crippen molar-refractivity contribution in [2.45, 2.75) is 19.3 Å². The van der Waals surface area contributed by atoms with Gasteiger partial charge in [-0.2, -0.15) is 0 Å². The maximum absolute atomic E-state index is 13.0. The van der Waals surface area contributed by atoms with Crippen LogP contribution in [0, 0.1) is 0 Å². The Morgan fingerprint density at radius 2 is 1.90 bits per heavy atom. The zero-order valence-corrected chi connectivity index (χ0v) is 17.1. The molecule has 0 aliphatic rings. The molecule has 0 spiro atoms. The Bertz CT molecular complexity index is 1170. The van der Waals surface area contributed by atoms with Crippen LogP contribution in [0.5, 0.6) is 0 Å². The van der Waals surface area contributed by atoms with E-state index in [1.807, 2.05) is 53.9 Å². The highest BCUT2D eigenvalue weighted by Gasteiger charge is 2.15. The van der Waals surface area contributed by atoms with E-state index in [0.717, 1.165) is 16.7 Å². The third-order valence-corrected chi connectivity index (χ3v) is 5.83. The summed E-state index contributed by atoms with van der Waals surface area (Å²) in [4.78, 5) is 18.1. The number of thiophene rings is 1. The molecule has 1 N–H and O–H groups in total. The third-order valence-electron chi connectivity index (χ3n) is 4.58. The van der Waals surface area contributed by atoms with Crippen LogP contribution in [-0.2, 0) is 17.9 Å². The molecule has 1 atom stereocenters. The molecule has 0 bridgehead atoms. The topological polar surface area (TPSA) is 64.4 Å². The van der Waals surface area contributed by atoms with E-state index in [1.165, 1.54) is 22.2 Å². The van der Waals surface area contributed by atoms with Gasteiger partial charge in [0.2, 0.25) is 0 Å². The lowest BCUT2D eigenvalue weighted by molar-refractivity contribution is 0.0199. The Hall–Kier alpha value is -2.51. The number of nitrogens with zero attached hydrogens (tertiary/aromatic N) is 2. The fraction of sp³-hybridized carbons (Fsp3) is 0.182. The molecular formula is C22H19ClN2O3S. The second-order valence-electron chi connectivity index (χ2n) is 6.66. The third kappa shape index (κ3) is 4.41. The maximum atomic E-state index is 13.0. The molecule has 4 aromatic rings. The first-order valence-electron chi connectivity index (χ1n) is 9.15. The molecular weight excluding hydrogens is 408 g/mol. The maximum Gasteiger partial charge on any atom is 0.262 e. The number of hydrogen-bond acceptors (Lipinski definition) is 5. The van der Waals surface area contributed by atoms with Crippen LogP contribution in [0.3, 0.4) is 0 Å². The summed E-state index contributed by atoms with van der Waals surface area (Å²) in [6, 6.07) is 17.2. The van der Waals surface area contributed by atoms with Crippen LogP contribution in [-0.4, -0.2) is 27.4 Å². The van der Waals surface area contributed by atoms with E-state index < -0.39 is 6.10 Å². The van der Waals surface area contributed by atoms with E-state index in [4.69, 9.17) is 16.3 Å². The summed E-state index contributed by atoms with van der Waals surface area (Å²) >= 11 is 7.54. The Morgan fingerprint density at radius 1 is 1.14 bits per heavy atom. The number of hydrogen-bond donors (Lipinski definition) is 1. The van der Waals surface area contributed by atoms with Crippen LogP contribution in [0.4, 0.5) is 0 Å². The van der Waals surface area contributed by atoms with E-state index in [-0.39, 0.29) is 18.7 Å². The molecule has 0 radical (unpaired) electrons. The van der Waals surface area contributed by atoms with Crippen LogP contribution in [0.15, 0.2) is 71.1 Å². The number of aromatic nitrogens is 2. The SMILES string of the molecule is O=c1c2c(-c3ccccc3)csc2ncn1CC(O)COCc1ccccc1Cl. The smallest absolute Gasteiger partial charge is 0.262 e. The second-order valence-corrected chi connectivity index (χ2v) is 7.92. The molecule has 2 aromatic heterocycles. The largest absolute Gasteiger partial charge is 0.389 e. The number of fused-ring (bicyclic) bond motifs is 1. The molecule has 0 amide bonds. The number of halogens is 1. The van der Waals surface area contributed by atoms with Crippen molar-refractivity contribution in [1.82, 2.24) is 9.55 Å². The van der Waals surface area contributed by atoms with Crippen LogP contribution >= 0.6 is 22.9 Å². The van der Waals surface area contributed by atoms with E-state index in [9.17, 15) is 9.90 Å². The average molecular weight is 427 g/mol. The molecule has 0 aliphatic heterocycles. The van der Waals surface area contributed by atoms with Crippen molar-refractivity contribution in [2.24, 2.45) is 0 Å². The molecule has 1 unspecified atom stereocenters. The summed E-state index contributed by atoms with van der Waals surface area (Å²) in [5, 5.41) is 13.5. The molecule has 7 heteroatoms. The molecule has 0 fully saturated rings. The summed E-state index contributed by atoms with van der Waals surface area (Å²) in [6.07, 6.45) is 0.640. The number of aliphatic hydroxyl groups excluding tert-OH is 1. The first kappa shape index (κ1) is 19.8. The van der Waals surface area contributed by atoms with Gasteiger partial charge < -0.3 is 9.84 Å². The van der Waals surface area contributed by atoms with Gasteiger partial charge in [0, 0.05) is 16.0 Å². The standard InChI is InChI=1S/C22H19ClN2O3S/c23-19-9-5-4-8-16(19)11-28-12-17(26)10-25-14-24-21-20(22(25)27)18(13-29-21)15-6-2-1-3-7-15/h1-9,13-14,17,26H,10-12H2. The predicted octanol–water partition coefficient (Wildman–Crippen LogP) is 4.36. The van der Waals surface area contributed by atoms with Gasteiger partial charge >= 0.3 is 0 Å². The van der Waals surface area contributed by atoms with Crippen molar-refractivity contribution in [3.63, 3.8) is 0 Å². The second kappa shape index (κ2) is 8.88. The van der Waals surface area contributed by atoms with Gasteiger partial charge in [-0.15, -0.1) is 11.3 Å². The summed E-state index contributed by atoms with van der Waals surface area (Å²) in [5.41, 5.74) is 2.52. The highest BCUT2D eigenvalue weighted by Crippen LogP contribution is 2.30. The molecule has 5 nitrogen and oxygen atoms in total. The van der Waals surface area contributed by atoms with Crippen molar-refractivity contribution < 1.29 is 9.84 Å². The Balaban J connectivity index is 1.49. The molecule has 2 heterocycles. The minimum atomic E-state index is -0.840. The Morgan fingerprint density at radius 3 is 2.69 bits per heavy atom. The van der Waals surface area contributed by atoms with Crippen molar-refractivity contribution >= 4 is 33.2 Å². The zero-order chi connectivity index (χ0) is 20.2. The lowest BCUT2D eigenvalue weighted by atomic mass is 10.1. The fourth-order valence-electron chi connectivity index (χ4n) is 3.13. The van der Waals surface area contributed by atoms with Gasteiger partial charge in [0.15, 0.2) is 0 Å². The fourth-order valence-corrected chi connectivity index (χ4v) is 4.22. The normalized spacial score (nSPS) is 12.3. The van der Waals surface area contributed by atoms with E-state index in [2.05, 4.69) is 4.98 Å². The highest BCUT2D eigenvalue weighted by molar-refractivity contribution is 7.17. The van der Waals surface area contributed by atoms with Gasteiger partial charge in [-0.3, -0.25) is 9.36 Å². The van der Waals surface area contributed by atoms with Gasteiger partial charge in [0.1, 0.15) is 4.83 Å². The quantitative estimate of drug-likeness (QED) is 0.477. The van der Waals surface area contributed by atoms with Crippen molar-refractivity contribution in [3.05, 3.63) is 87.2 Å². The van der Waals surface area contributed by atoms with E-state index in [0.29, 0.717) is 21.8 Å². The first-order valence-corrected chi connectivity index (χ1v) is 10.4. The van der Waals surface area contributed by atoms with Crippen LogP contribution in [0.1, 0.15) is 5.56 Å². The lowest BCUT2D eigenvalue weighted by Crippen LogP contribution is -2.29. The minimum Gasteiger partial charge on any atom is -0.389 e. The van der Waals surface area contributed by atoms with Gasteiger partial charge in [-0.05, 0) is 17.2 Å². The number of rotatable bonds is 7. The van der Waals surface area contributed by atoms with Gasteiger partial charge in [0.05, 0.1) is 37.6 Å². The van der Waals surface area contributed by atoms with Crippen LogP contribution in [0.25, 0.3) is 21.3 Å². The van der Waals surface area contributed by atoms with Crippen molar-refractivity contribution in [2.75, 3.05) is 6.61 Å². The molecule has 0 saturated carbocycles. The van der Waals surface area contributed by atoms with Gasteiger partial charge in [-0.25, -0.2) is 4.98 Å². The summed E-state index contributed by atoms with van der Waals surface area (Å²) in [5.74, 6) is 0. The summed E-state index contributed by atoms with van der Waals surface area (Å²) < 4.78 is 7.01. The predicted molar refractivity (Wildman–Crippen MR) is 116 cm³/mol. The molecule has 2 aromatic carbocycles. The molecule has 4 rings (SSSR count). The monoisotopic (exact) mass is 426 g/mol. The highest BCUT2D eigenvalue weighted by atomic mass is 35.5. The summed E-state index contributed by atoms with van der Waals surface area (Å²) in [7, 11) is 0. The van der Waals surface area contributed by atoms with Crippen molar-refractivity contribution in [1.29, 1.82) is 0 Å². The number of benzene rings is 2. The molecule has 0 saturated heterocycles. The van der Waals surface area contributed by atoms with Crippen LogP contribution < -0.4 is 5.56 Å². The zero-order valence-electron chi connectivity index (χ0n) is 15.5. The van der Waals surface area contributed by atoms with Crippen LogP contribution in [0.2, 0.25) is 5.02 Å². The first-order chi connectivity index (χ1) is 14.1. The molecule has 148 valence electrons. The van der Waals surface area contributed by atoms with Gasteiger partial charge in [-0.1, -0.05) is 60.1 Å². The lowest BCUT2D eigenvalue weighted by Gasteiger charge is -2.13. The molecule has 0 aliphatic carbocycles. The van der Waals surface area contributed by atoms with Crippen molar-refractivity contribution in [3.8, 4) is 11.1 Å². The van der Waals surface area contributed by atoms with E-state index in [1.54, 1.807) is 6.07 Å². The average Bonchev–Trinajstić information content (AvgIpc) is 3.17. The summed E-state index contributed by atoms with van der Waals surface area (Å²) in [6.45, 7) is 0.491. The molecule has 29 heavy (non-hydrogen) atoms. The van der Waals surface area contributed by atoms with E-state index >= 15 is 0 Å². The number of ether oxygens (including phenoxy) is 1. The Labute approximate surface area is 176 Å². The minimum absolute atomic E-state index is 0.0882. The number of aliphatic hydroxyl groups is 1. The van der Waals surface area contributed by atoms with Gasteiger partial charge in [0.25, 0.3) is 5.56 Å². The Kier molecular flexibility index (Phi) is 6.06.